The predicted molar refractivity (Wildman–Crippen MR) is 158 cm³/mol. The maximum atomic E-state index is 12.5. The van der Waals surface area contributed by atoms with Crippen molar-refractivity contribution in [2.24, 2.45) is 28.9 Å². The molecular weight excluding hydrogens is 558 g/mol. The van der Waals surface area contributed by atoms with Gasteiger partial charge in [0.1, 0.15) is 28.8 Å². The lowest BCUT2D eigenvalue weighted by atomic mass is 9.48. The Labute approximate surface area is 250 Å². The number of carbonyl (C=O) groups is 2. The van der Waals surface area contributed by atoms with Gasteiger partial charge in [0.15, 0.2) is 6.61 Å². The third kappa shape index (κ3) is 6.98. The number of alkyl carbamates (subject to hydrolysis) is 1. The Kier molecular flexibility index (Phi) is 8.37. The van der Waals surface area contributed by atoms with Crippen molar-refractivity contribution >= 4 is 35.4 Å². The molecule has 2 aromatic rings. The van der Waals surface area contributed by atoms with Crippen molar-refractivity contribution in [2.45, 2.75) is 71.1 Å². The van der Waals surface area contributed by atoms with Crippen LogP contribution in [0.3, 0.4) is 0 Å². The molecule has 2 amide bonds. The summed E-state index contributed by atoms with van der Waals surface area (Å²) < 4.78 is 10.9. The molecule has 1 aromatic carbocycles. The van der Waals surface area contributed by atoms with Gasteiger partial charge in [-0.05, 0) is 99.8 Å². The number of hydrogen-bond acceptors (Lipinski definition) is 9. The zero-order chi connectivity index (χ0) is 30.1. The van der Waals surface area contributed by atoms with Crippen LogP contribution in [0.2, 0.25) is 5.02 Å². The first-order chi connectivity index (χ1) is 19.9. The first-order valence-electron chi connectivity index (χ1n) is 14.4. The van der Waals surface area contributed by atoms with Crippen molar-refractivity contribution < 1.29 is 19.1 Å². The van der Waals surface area contributed by atoms with E-state index in [1.54, 1.807) is 18.2 Å². The number of rotatable bonds is 10. The number of halogens is 1. The van der Waals surface area contributed by atoms with Gasteiger partial charge in [-0.2, -0.15) is 10.2 Å². The summed E-state index contributed by atoms with van der Waals surface area (Å²) >= 11 is 6.36. The molecule has 12 heteroatoms. The maximum Gasteiger partial charge on any atom is 0.407 e. The fourth-order valence-electron chi connectivity index (χ4n) is 7.15. The first kappa shape index (κ1) is 29.7. The normalized spacial score (nSPS) is 25.8. The van der Waals surface area contributed by atoms with Gasteiger partial charge in [0, 0.05) is 24.2 Å². The molecule has 3 unspecified atom stereocenters. The number of nitriles is 1. The maximum absolute atomic E-state index is 12.5. The molecule has 0 saturated heterocycles. The van der Waals surface area contributed by atoms with Crippen molar-refractivity contribution in [2.75, 3.05) is 23.8 Å². The Morgan fingerprint density at radius 3 is 2.60 bits per heavy atom. The minimum absolute atomic E-state index is 0.0900. The molecule has 42 heavy (non-hydrogen) atoms. The third-order valence-corrected chi connectivity index (χ3v) is 8.83. The highest BCUT2D eigenvalue weighted by Gasteiger charge is 2.55. The standard InChI is InChI=1S/C30H38ClN7O4/c1-29(2,3)42-28(40)37-25-18-6-17-7-19(25)11-30(9-17,10-18)16-36-26-21(12-32)14-35-27(38-26)34-13-20-8-22(4-5-23(20)31)41-15-24(33)39/h4-5,8,14,17-19,25H,6-7,9-11,13,15-16H2,1-3H3,(H2,33,39)(H,37,40)(H2,34,35,36,38)/t17?,18-,19+,25?,30?. The third-order valence-electron chi connectivity index (χ3n) is 8.46. The Bertz CT molecular complexity index is 1370. The lowest BCUT2D eigenvalue weighted by molar-refractivity contribution is -0.119. The number of anilines is 2. The summed E-state index contributed by atoms with van der Waals surface area (Å²) in [6.45, 7) is 6.41. The second-order valence-electron chi connectivity index (χ2n) is 12.9. The Hall–Kier alpha value is -3.78. The van der Waals surface area contributed by atoms with Gasteiger partial charge in [-0.15, -0.1) is 0 Å². The van der Waals surface area contributed by atoms with Crippen LogP contribution >= 0.6 is 11.6 Å². The highest BCUT2D eigenvalue weighted by molar-refractivity contribution is 6.31. The molecule has 4 bridgehead atoms. The van der Waals surface area contributed by atoms with E-state index < -0.39 is 11.5 Å². The SMILES string of the molecule is CC(C)(C)OC(=O)NC1[C@@H]2CC3C[C@H]1CC(CNc1nc(NCc4cc(OCC(N)=O)ccc4Cl)ncc1C#N)(C3)C2. The monoisotopic (exact) mass is 595 g/mol. The minimum Gasteiger partial charge on any atom is -0.484 e. The molecule has 5 atom stereocenters. The molecule has 6 rings (SSSR count). The van der Waals surface area contributed by atoms with Crippen LogP contribution in [0.5, 0.6) is 5.75 Å². The molecule has 11 nitrogen and oxygen atoms in total. The van der Waals surface area contributed by atoms with E-state index in [-0.39, 0.29) is 24.2 Å². The van der Waals surface area contributed by atoms with Crippen LogP contribution in [0, 0.1) is 34.5 Å². The number of nitrogens with one attached hydrogen (secondary N) is 3. The van der Waals surface area contributed by atoms with Gasteiger partial charge < -0.3 is 31.2 Å². The Balaban J connectivity index is 1.23. The highest BCUT2D eigenvalue weighted by Crippen LogP contribution is 2.60. The van der Waals surface area contributed by atoms with Crippen LogP contribution in [0.1, 0.15) is 64.0 Å². The van der Waals surface area contributed by atoms with Crippen LogP contribution in [0.25, 0.3) is 0 Å². The average Bonchev–Trinajstić information content (AvgIpc) is 2.91. The van der Waals surface area contributed by atoms with E-state index in [1.165, 1.54) is 6.20 Å². The lowest BCUT2D eigenvalue weighted by Gasteiger charge is -2.60. The van der Waals surface area contributed by atoms with E-state index in [1.807, 2.05) is 20.8 Å². The number of nitrogens with zero attached hydrogens (tertiary/aromatic N) is 3. The van der Waals surface area contributed by atoms with E-state index >= 15 is 0 Å². The van der Waals surface area contributed by atoms with Gasteiger partial charge in [0.05, 0.1) is 6.20 Å². The van der Waals surface area contributed by atoms with Crippen molar-refractivity contribution in [1.82, 2.24) is 15.3 Å². The van der Waals surface area contributed by atoms with Crippen molar-refractivity contribution in [3.05, 3.63) is 40.5 Å². The number of aromatic nitrogens is 2. The highest BCUT2D eigenvalue weighted by atomic mass is 35.5. The van der Waals surface area contributed by atoms with Crippen molar-refractivity contribution in [1.29, 1.82) is 5.26 Å². The summed E-state index contributed by atoms with van der Waals surface area (Å²) in [4.78, 5) is 32.5. The summed E-state index contributed by atoms with van der Waals surface area (Å²) in [7, 11) is 0. The molecule has 4 fully saturated rings. The molecule has 4 aliphatic carbocycles. The van der Waals surface area contributed by atoms with E-state index in [4.69, 9.17) is 26.8 Å². The quantitative estimate of drug-likeness (QED) is 0.307. The van der Waals surface area contributed by atoms with Crippen LogP contribution in [0.15, 0.2) is 24.4 Å². The first-order valence-corrected chi connectivity index (χ1v) is 14.7. The molecule has 0 radical (unpaired) electrons. The Morgan fingerprint density at radius 1 is 1.19 bits per heavy atom. The van der Waals surface area contributed by atoms with Gasteiger partial charge in [-0.25, -0.2) is 9.78 Å². The van der Waals surface area contributed by atoms with E-state index in [0.29, 0.717) is 58.9 Å². The van der Waals surface area contributed by atoms with E-state index in [9.17, 15) is 14.9 Å². The summed E-state index contributed by atoms with van der Waals surface area (Å²) in [5.41, 5.74) is 5.82. The lowest BCUT2D eigenvalue weighted by Crippen LogP contribution is -2.60. The molecule has 4 aliphatic rings. The van der Waals surface area contributed by atoms with Gasteiger partial charge in [-0.3, -0.25) is 4.79 Å². The smallest absolute Gasteiger partial charge is 0.407 e. The van der Waals surface area contributed by atoms with E-state index in [0.717, 1.165) is 37.7 Å². The zero-order valence-corrected chi connectivity index (χ0v) is 25.0. The molecular formula is C30H38ClN7O4. The van der Waals surface area contributed by atoms with Gasteiger partial charge in [0.2, 0.25) is 5.95 Å². The molecule has 0 spiro atoms. The number of carbonyl (C=O) groups excluding carboxylic acids is 2. The summed E-state index contributed by atoms with van der Waals surface area (Å²) in [6.07, 6.45) is 6.58. The van der Waals surface area contributed by atoms with Crippen LogP contribution in [-0.4, -0.2) is 46.8 Å². The number of amides is 2. The summed E-state index contributed by atoms with van der Waals surface area (Å²) in [5, 5.41) is 20.1. The molecule has 1 aromatic heterocycles. The minimum atomic E-state index is -0.568. The molecule has 5 N–H and O–H groups in total. The van der Waals surface area contributed by atoms with Gasteiger partial charge in [-0.1, -0.05) is 11.6 Å². The van der Waals surface area contributed by atoms with Crippen molar-refractivity contribution in [3.63, 3.8) is 0 Å². The van der Waals surface area contributed by atoms with Crippen molar-refractivity contribution in [3.8, 4) is 11.8 Å². The number of benzene rings is 1. The molecule has 4 saturated carbocycles. The van der Waals surface area contributed by atoms with Gasteiger partial charge in [0.25, 0.3) is 5.91 Å². The number of hydrogen-bond donors (Lipinski definition) is 4. The molecule has 1 heterocycles. The largest absolute Gasteiger partial charge is 0.484 e. The summed E-state index contributed by atoms with van der Waals surface area (Å²) in [6, 6.07) is 7.39. The van der Waals surface area contributed by atoms with E-state index in [2.05, 4.69) is 32.0 Å². The number of ether oxygens (including phenoxy) is 2. The Morgan fingerprint density at radius 2 is 1.93 bits per heavy atom. The van der Waals surface area contributed by atoms with Gasteiger partial charge >= 0.3 is 6.09 Å². The second kappa shape index (κ2) is 11.8. The topological polar surface area (TPSA) is 164 Å². The number of nitrogens with two attached hydrogens (primary N) is 1. The zero-order valence-electron chi connectivity index (χ0n) is 24.2. The molecule has 0 aliphatic heterocycles. The summed E-state index contributed by atoms with van der Waals surface area (Å²) in [5.74, 6) is 2.21. The average molecular weight is 596 g/mol. The number of primary amides is 1. The molecule has 224 valence electrons. The van der Waals surface area contributed by atoms with Crippen LogP contribution in [-0.2, 0) is 16.1 Å². The van der Waals surface area contributed by atoms with Crippen LogP contribution < -0.4 is 26.4 Å². The van der Waals surface area contributed by atoms with Crippen LogP contribution in [0.4, 0.5) is 16.6 Å². The fourth-order valence-corrected chi connectivity index (χ4v) is 7.33. The fraction of sp³-hybridized carbons (Fsp3) is 0.567. The second-order valence-corrected chi connectivity index (χ2v) is 13.3. The predicted octanol–water partition coefficient (Wildman–Crippen LogP) is 4.61.